The lowest BCUT2D eigenvalue weighted by Crippen LogP contribution is -2.24. The standard InChI is InChI=1S/C14H16N4O3/c1-2-4-11-16-12(18-17-11)13(19)15-8-9-5-3-6-10(7-9)14(20)21/h3,5-7H,2,4,8H2,1H3,(H,15,19)(H,20,21)(H,16,17,18). The normalized spacial score (nSPS) is 10.3. The van der Waals surface area contributed by atoms with Crippen molar-refractivity contribution in [1.29, 1.82) is 0 Å². The number of rotatable bonds is 6. The summed E-state index contributed by atoms with van der Waals surface area (Å²) < 4.78 is 0. The molecular weight excluding hydrogens is 272 g/mol. The van der Waals surface area contributed by atoms with Crippen LogP contribution in [0.4, 0.5) is 0 Å². The number of benzene rings is 1. The van der Waals surface area contributed by atoms with Crippen molar-refractivity contribution in [3.05, 3.63) is 47.0 Å². The zero-order chi connectivity index (χ0) is 15.2. The van der Waals surface area contributed by atoms with Gasteiger partial charge in [0.15, 0.2) is 0 Å². The highest BCUT2D eigenvalue weighted by atomic mass is 16.4. The fourth-order valence-corrected chi connectivity index (χ4v) is 1.82. The van der Waals surface area contributed by atoms with Crippen molar-refractivity contribution in [3.8, 4) is 0 Å². The molecule has 0 atom stereocenters. The number of aromatic amines is 1. The van der Waals surface area contributed by atoms with E-state index in [1.807, 2.05) is 6.92 Å². The predicted molar refractivity (Wildman–Crippen MR) is 74.9 cm³/mol. The summed E-state index contributed by atoms with van der Waals surface area (Å²) in [6, 6.07) is 6.40. The van der Waals surface area contributed by atoms with E-state index in [2.05, 4.69) is 20.5 Å². The van der Waals surface area contributed by atoms with Gasteiger partial charge in [-0.1, -0.05) is 19.1 Å². The number of carboxylic acids is 1. The molecule has 0 fully saturated rings. The average molecular weight is 288 g/mol. The number of carboxylic acid groups (broad SMARTS) is 1. The molecule has 0 unspecified atom stereocenters. The number of hydrogen-bond donors (Lipinski definition) is 3. The van der Waals surface area contributed by atoms with Gasteiger partial charge < -0.3 is 10.4 Å². The number of nitrogens with zero attached hydrogens (tertiary/aromatic N) is 2. The quantitative estimate of drug-likeness (QED) is 0.744. The summed E-state index contributed by atoms with van der Waals surface area (Å²) in [4.78, 5) is 26.8. The van der Waals surface area contributed by atoms with E-state index in [9.17, 15) is 9.59 Å². The Morgan fingerprint density at radius 3 is 2.90 bits per heavy atom. The van der Waals surface area contributed by atoms with Crippen molar-refractivity contribution >= 4 is 11.9 Å². The van der Waals surface area contributed by atoms with Crippen molar-refractivity contribution in [2.24, 2.45) is 0 Å². The number of carbonyl (C=O) groups is 2. The fraction of sp³-hybridized carbons (Fsp3) is 0.286. The Kier molecular flexibility index (Phi) is 4.65. The van der Waals surface area contributed by atoms with Gasteiger partial charge in [0, 0.05) is 13.0 Å². The molecule has 2 rings (SSSR count). The number of aryl methyl sites for hydroxylation is 1. The summed E-state index contributed by atoms with van der Waals surface area (Å²) >= 11 is 0. The molecule has 0 saturated heterocycles. The summed E-state index contributed by atoms with van der Waals surface area (Å²) in [5.74, 6) is -0.626. The van der Waals surface area contributed by atoms with Crippen LogP contribution in [0.15, 0.2) is 24.3 Å². The first-order chi connectivity index (χ1) is 10.1. The smallest absolute Gasteiger partial charge is 0.335 e. The highest BCUT2D eigenvalue weighted by Crippen LogP contribution is 2.05. The maximum absolute atomic E-state index is 11.9. The predicted octanol–water partition coefficient (Wildman–Crippen LogP) is 1.39. The first-order valence-corrected chi connectivity index (χ1v) is 6.62. The van der Waals surface area contributed by atoms with Crippen LogP contribution in [0.2, 0.25) is 0 Å². The van der Waals surface area contributed by atoms with Gasteiger partial charge in [-0.2, -0.15) is 0 Å². The molecule has 0 aliphatic heterocycles. The van der Waals surface area contributed by atoms with E-state index in [-0.39, 0.29) is 17.9 Å². The molecule has 1 amide bonds. The van der Waals surface area contributed by atoms with Crippen molar-refractivity contribution in [3.63, 3.8) is 0 Å². The monoisotopic (exact) mass is 288 g/mol. The third-order valence-corrected chi connectivity index (χ3v) is 2.85. The second-order valence-corrected chi connectivity index (χ2v) is 4.54. The zero-order valence-electron chi connectivity index (χ0n) is 11.6. The van der Waals surface area contributed by atoms with E-state index >= 15 is 0 Å². The Morgan fingerprint density at radius 2 is 2.19 bits per heavy atom. The molecule has 7 nitrogen and oxygen atoms in total. The Bertz CT molecular complexity index is 651. The Labute approximate surface area is 121 Å². The number of amides is 1. The minimum Gasteiger partial charge on any atom is -0.478 e. The van der Waals surface area contributed by atoms with Crippen molar-refractivity contribution < 1.29 is 14.7 Å². The maximum Gasteiger partial charge on any atom is 0.335 e. The van der Waals surface area contributed by atoms with Gasteiger partial charge in [0.25, 0.3) is 5.91 Å². The van der Waals surface area contributed by atoms with Gasteiger partial charge in [0.1, 0.15) is 5.82 Å². The van der Waals surface area contributed by atoms with E-state index < -0.39 is 11.9 Å². The molecule has 0 radical (unpaired) electrons. The van der Waals surface area contributed by atoms with Gasteiger partial charge in [-0.15, -0.1) is 5.10 Å². The third-order valence-electron chi connectivity index (χ3n) is 2.85. The van der Waals surface area contributed by atoms with Crippen LogP contribution in [-0.4, -0.2) is 32.2 Å². The van der Waals surface area contributed by atoms with Crippen LogP contribution in [-0.2, 0) is 13.0 Å². The second-order valence-electron chi connectivity index (χ2n) is 4.54. The number of nitrogens with one attached hydrogen (secondary N) is 2. The molecule has 0 aliphatic carbocycles. The summed E-state index contributed by atoms with van der Waals surface area (Å²) in [5, 5.41) is 18.1. The maximum atomic E-state index is 11.9. The molecule has 7 heteroatoms. The van der Waals surface area contributed by atoms with Crippen LogP contribution >= 0.6 is 0 Å². The summed E-state index contributed by atoms with van der Waals surface area (Å²) in [5.41, 5.74) is 0.887. The van der Waals surface area contributed by atoms with Crippen LogP contribution in [0, 0.1) is 0 Å². The lowest BCUT2D eigenvalue weighted by Gasteiger charge is -2.04. The Balaban J connectivity index is 1.97. The Hall–Kier alpha value is -2.70. The summed E-state index contributed by atoms with van der Waals surface area (Å²) in [7, 11) is 0. The first kappa shape index (κ1) is 14.7. The van der Waals surface area contributed by atoms with E-state index in [4.69, 9.17) is 5.11 Å². The summed E-state index contributed by atoms with van der Waals surface area (Å²) in [6.45, 7) is 2.23. The fourth-order valence-electron chi connectivity index (χ4n) is 1.82. The van der Waals surface area contributed by atoms with E-state index in [0.29, 0.717) is 11.4 Å². The first-order valence-electron chi connectivity index (χ1n) is 6.62. The second kappa shape index (κ2) is 6.65. The average Bonchev–Trinajstić information content (AvgIpc) is 2.94. The van der Waals surface area contributed by atoms with Crippen LogP contribution in [0.5, 0.6) is 0 Å². The van der Waals surface area contributed by atoms with E-state index in [0.717, 1.165) is 12.8 Å². The molecule has 1 aromatic carbocycles. The van der Waals surface area contributed by atoms with Crippen LogP contribution in [0.3, 0.4) is 0 Å². The molecule has 0 aliphatic rings. The topological polar surface area (TPSA) is 108 Å². The SMILES string of the molecule is CCCc1nc(C(=O)NCc2cccc(C(=O)O)c2)n[nH]1. The van der Waals surface area contributed by atoms with Crippen LogP contribution in [0.25, 0.3) is 0 Å². The number of carbonyl (C=O) groups excluding carboxylic acids is 1. The molecular formula is C14H16N4O3. The molecule has 0 saturated carbocycles. The van der Waals surface area contributed by atoms with E-state index in [1.54, 1.807) is 12.1 Å². The molecule has 0 bridgehead atoms. The molecule has 110 valence electrons. The van der Waals surface area contributed by atoms with Crippen molar-refractivity contribution in [2.45, 2.75) is 26.3 Å². The van der Waals surface area contributed by atoms with Crippen LogP contribution in [0.1, 0.15) is 45.7 Å². The highest BCUT2D eigenvalue weighted by Gasteiger charge is 2.12. The lowest BCUT2D eigenvalue weighted by molar-refractivity contribution is 0.0696. The molecule has 3 N–H and O–H groups in total. The summed E-state index contributed by atoms with van der Waals surface area (Å²) in [6.07, 6.45) is 1.65. The van der Waals surface area contributed by atoms with Gasteiger partial charge in [-0.05, 0) is 24.1 Å². The van der Waals surface area contributed by atoms with Gasteiger partial charge >= 0.3 is 5.97 Å². The van der Waals surface area contributed by atoms with Gasteiger partial charge in [-0.3, -0.25) is 9.89 Å². The molecule has 0 spiro atoms. The van der Waals surface area contributed by atoms with Crippen molar-refractivity contribution in [2.75, 3.05) is 0 Å². The minimum absolute atomic E-state index is 0.0906. The van der Waals surface area contributed by atoms with Crippen molar-refractivity contribution in [1.82, 2.24) is 20.5 Å². The third kappa shape index (κ3) is 3.88. The highest BCUT2D eigenvalue weighted by molar-refractivity contribution is 5.90. The molecule has 21 heavy (non-hydrogen) atoms. The van der Waals surface area contributed by atoms with Gasteiger partial charge in [0.05, 0.1) is 5.56 Å². The number of aromatic carboxylic acids is 1. The lowest BCUT2D eigenvalue weighted by atomic mass is 10.1. The van der Waals surface area contributed by atoms with Gasteiger partial charge in [-0.25, -0.2) is 9.78 Å². The minimum atomic E-state index is -0.999. The Morgan fingerprint density at radius 1 is 1.38 bits per heavy atom. The number of H-pyrrole nitrogens is 1. The molecule has 1 heterocycles. The van der Waals surface area contributed by atoms with Crippen LogP contribution < -0.4 is 5.32 Å². The van der Waals surface area contributed by atoms with Gasteiger partial charge in [0.2, 0.25) is 5.82 Å². The zero-order valence-corrected chi connectivity index (χ0v) is 11.6. The largest absolute Gasteiger partial charge is 0.478 e. The molecule has 2 aromatic rings. The number of hydrogen-bond acceptors (Lipinski definition) is 4. The number of aromatic nitrogens is 3. The van der Waals surface area contributed by atoms with E-state index in [1.165, 1.54) is 12.1 Å². The molecule has 1 aromatic heterocycles.